The number of hydrogen-bond acceptors (Lipinski definition) is 6. The van der Waals surface area contributed by atoms with Crippen LogP contribution in [0.1, 0.15) is 34.3 Å². The van der Waals surface area contributed by atoms with Crippen molar-refractivity contribution in [2.45, 2.75) is 30.9 Å². The molecule has 37 heavy (non-hydrogen) atoms. The van der Waals surface area contributed by atoms with E-state index in [1.54, 1.807) is 0 Å². The molecule has 5 rings (SSSR count). The SMILES string of the molecule is CNC(=O)c1cc(F)c(OCCO)nc1-c1c(Cl)c(F)cc2c1C[C@](c1ccccc1)(C1CCCN1)O2. The van der Waals surface area contributed by atoms with Crippen LogP contribution in [0.5, 0.6) is 11.6 Å². The highest BCUT2D eigenvalue weighted by Crippen LogP contribution is 2.51. The van der Waals surface area contributed by atoms with E-state index in [0.29, 0.717) is 12.0 Å². The van der Waals surface area contributed by atoms with E-state index in [1.807, 2.05) is 30.3 Å². The quantitative estimate of drug-likeness (QED) is 0.428. The Balaban J connectivity index is 1.73. The van der Waals surface area contributed by atoms with Crippen molar-refractivity contribution in [3.05, 3.63) is 75.8 Å². The second-order valence-corrected chi connectivity index (χ2v) is 9.41. The maximum atomic E-state index is 15.3. The van der Waals surface area contributed by atoms with Crippen LogP contribution in [0.25, 0.3) is 11.3 Å². The molecule has 2 aliphatic heterocycles. The van der Waals surface area contributed by atoms with Crippen LogP contribution in [-0.4, -0.2) is 48.8 Å². The highest BCUT2D eigenvalue weighted by Gasteiger charge is 2.50. The molecule has 7 nitrogen and oxygen atoms in total. The minimum Gasteiger partial charge on any atom is -0.480 e. The van der Waals surface area contributed by atoms with Gasteiger partial charge in [-0.2, -0.15) is 0 Å². The van der Waals surface area contributed by atoms with Gasteiger partial charge in [0.15, 0.2) is 11.4 Å². The van der Waals surface area contributed by atoms with E-state index >= 15 is 4.39 Å². The van der Waals surface area contributed by atoms with Crippen LogP contribution in [0.15, 0.2) is 42.5 Å². The summed E-state index contributed by atoms with van der Waals surface area (Å²) >= 11 is 6.53. The van der Waals surface area contributed by atoms with Crippen molar-refractivity contribution in [2.24, 2.45) is 0 Å². The van der Waals surface area contributed by atoms with Crippen LogP contribution in [0.3, 0.4) is 0 Å². The molecule has 0 aliphatic carbocycles. The number of ether oxygens (including phenoxy) is 2. The van der Waals surface area contributed by atoms with Gasteiger partial charge >= 0.3 is 0 Å². The highest BCUT2D eigenvalue weighted by molar-refractivity contribution is 6.34. The minimum absolute atomic E-state index is 0.0405. The van der Waals surface area contributed by atoms with Gasteiger partial charge in [0, 0.05) is 30.7 Å². The van der Waals surface area contributed by atoms with Crippen LogP contribution in [0.4, 0.5) is 8.78 Å². The van der Waals surface area contributed by atoms with Gasteiger partial charge in [0.1, 0.15) is 18.2 Å². The maximum Gasteiger partial charge on any atom is 0.253 e. The van der Waals surface area contributed by atoms with Crippen molar-refractivity contribution in [3.63, 3.8) is 0 Å². The molecule has 2 aliphatic rings. The summed E-state index contributed by atoms with van der Waals surface area (Å²) in [5.74, 6) is -2.44. The lowest BCUT2D eigenvalue weighted by Crippen LogP contribution is -2.48. The zero-order valence-corrected chi connectivity index (χ0v) is 20.9. The van der Waals surface area contributed by atoms with Crippen molar-refractivity contribution in [1.82, 2.24) is 15.6 Å². The number of nitrogens with zero attached hydrogens (tertiary/aromatic N) is 1. The Labute approximate surface area is 217 Å². The van der Waals surface area contributed by atoms with Gasteiger partial charge < -0.3 is 25.2 Å². The lowest BCUT2D eigenvalue weighted by Gasteiger charge is -2.35. The fourth-order valence-corrected chi connectivity index (χ4v) is 5.48. The second kappa shape index (κ2) is 10.2. The smallest absolute Gasteiger partial charge is 0.253 e. The van der Waals surface area contributed by atoms with Gasteiger partial charge in [0.2, 0.25) is 0 Å². The Hall–Kier alpha value is -3.27. The second-order valence-electron chi connectivity index (χ2n) is 9.03. The number of hydrogen-bond donors (Lipinski definition) is 3. The summed E-state index contributed by atoms with van der Waals surface area (Å²) in [4.78, 5) is 17.0. The van der Waals surface area contributed by atoms with E-state index in [4.69, 9.17) is 26.2 Å². The molecule has 1 aromatic heterocycles. The lowest BCUT2D eigenvalue weighted by molar-refractivity contribution is 0.0539. The number of aliphatic hydroxyl groups excluding tert-OH is 1. The molecule has 2 atom stereocenters. The van der Waals surface area contributed by atoms with Crippen molar-refractivity contribution in [3.8, 4) is 22.9 Å². The molecular formula is C27H26ClF2N3O4. The fraction of sp³-hybridized carbons (Fsp3) is 0.333. The summed E-state index contributed by atoms with van der Waals surface area (Å²) in [6.45, 7) is 0.240. The van der Waals surface area contributed by atoms with Gasteiger partial charge in [0.25, 0.3) is 11.8 Å². The number of rotatable bonds is 7. The monoisotopic (exact) mass is 529 g/mol. The molecule has 0 spiro atoms. The highest BCUT2D eigenvalue weighted by atomic mass is 35.5. The normalized spacial score (nSPS) is 20.4. The van der Waals surface area contributed by atoms with Crippen molar-refractivity contribution in [2.75, 3.05) is 26.8 Å². The number of amides is 1. The number of aliphatic hydroxyl groups is 1. The molecule has 0 saturated carbocycles. The largest absolute Gasteiger partial charge is 0.480 e. The summed E-state index contributed by atoms with van der Waals surface area (Å²) in [5, 5.41) is 14.8. The van der Waals surface area contributed by atoms with E-state index in [-0.39, 0.29) is 46.8 Å². The molecule has 3 aromatic rings. The number of nitrogens with one attached hydrogen (secondary N) is 2. The molecule has 1 unspecified atom stereocenters. The average molecular weight is 530 g/mol. The molecule has 194 valence electrons. The summed E-state index contributed by atoms with van der Waals surface area (Å²) in [5.41, 5.74) is 0.582. The number of pyridine rings is 1. The molecule has 3 N–H and O–H groups in total. The Bertz CT molecular complexity index is 1340. The maximum absolute atomic E-state index is 15.3. The third-order valence-electron chi connectivity index (χ3n) is 6.89. The van der Waals surface area contributed by atoms with Gasteiger partial charge in [-0.05, 0) is 31.0 Å². The van der Waals surface area contributed by atoms with E-state index in [9.17, 15) is 9.18 Å². The zero-order valence-electron chi connectivity index (χ0n) is 20.1. The van der Waals surface area contributed by atoms with Gasteiger partial charge in [-0.1, -0.05) is 41.9 Å². The van der Waals surface area contributed by atoms with E-state index in [0.717, 1.165) is 31.0 Å². The molecule has 0 radical (unpaired) electrons. The van der Waals surface area contributed by atoms with Gasteiger partial charge in [-0.15, -0.1) is 0 Å². The number of halogens is 3. The standard InChI is InChI=1S/C27H26ClF2N3O4/c1-31-25(35)16-12-19(30)26(36-11-10-34)33-24(16)22-17-14-27(21-8-5-9-32-21,15-6-3-2-4-7-15)37-20(17)13-18(29)23(22)28/h2-4,6-7,12-13,21,32,34H,5,8-11,14H2,1H3,(H,31,35)/t21?,27-/m0/s1. The Kier molecular flexibility index (Phi) is 7.02. The Morgan fingerprint density at radius 2 is 2.08 bits per heavy atom. The third-order valence-corrected chi connectivity index (χ3v) is 7.26. The molecule has 1 saturated heterocycles. The number of carbonyl (C=O) groups excluding carboxylic acids is 1. The number of carbonyl (C=O) groups is 1. The first kappa shape index (κ1) is 25.4. The van der Waals surface area contributed by atoms with Crippen LogP contribution in [-0.2, 0) is 12.0 Å². The van der Waals surface area contributed by atoms with E-state index in [1.165, 1.54) is 13.1 Å². The Morgan fingerprint density at radius 1 is 1.30 bits per heavy atom. The first-order valence-corrected chi connectivity index (χ1v) is 12.4. The molecular weight excluding hydrogens is 504 g/mol. The topological polar surface area (TPSA) is 92.7 Å². The van der Waals surface area contributed by atoms with Crippen LogP contribution >= 0.6 is 11.6 Å². The summed E-state index contributed by atoms with van der Waals surface area (Å²) < 4.78 is 41.9. The van der Waals surface area contributed by atoms with Crippen molar-refractivity contribution in [1.29, 1.82) is 0 Å². The van der Waals surface area contributed by atoms with Crippen molar-refractivity contribution >= 4 is 17.5 Å². The molecule has 1 amide bonds. The molecule has 3 heterocycles. The molecule has 10 heteroatoms. The van der Waals surface area contributed by atoms with Crippen LogP contribution in [0.2, 0.25) is 5.02 Å². The summed E-state index contributed by atoms with van der Waals surface area (Å²) in [6.07, 6.45) is 2.14. The predicted octanol–water partition coefficient (Wildman–Crippen LogP) is 3.99. The van der Waals surface area contributed by atoms with Gasteiger partial charge in [-0.25, -0.2) is 13.8 Å². The summed E-state index contributed by atoms with van der Waals surface area (Å²) in [7, 11) is 1.40. The third kappa shape index (κ3) is 4.41. The minimum atomic E-state index is -0.898. The molecule has 2 aromatic carbocycles. The van der Waals surface area contributed by atoms with Crippen molar-refractivity contribution < 1.29 is 28.2 Å². The zero-order chi connectivity index (χ0) is 26.2. The molecule has 1 fully saturated rings. The van der Waals surface area contributed by atoms with Crippen LogP contribution < -0.4 is 20.1 Å². The number of aromatic nitrogens is 1. The van der Waals surface area contributed by atoms with E-state index < -0.39 is 29.0 Å². The van der Waals surface area contributed by atoms with Crippen LogP contribution in [0, 0.1) is 11.6 Å². The number of fused-ring (bicyclic) bond motifs is 1. The molecule has 0 bridgehead atoms. The van der Waals surface area contributed by atoms with Gasteiger partial charge in [0.05, 0.1) is 28.9 Å². The van der Waals surface area contributed by atoms with E-state index in [2.05, 4.69) is 15.6 Å². The first-order valence-electron chi connectivity index (χ1n) is 12.0. The Morgan fingerprint density at radius 3 is 2.76 bits per heavy atom. The van der Waals surface area contributed by atoms with Gasteiger partial charge in [-0.3, -0.25) is 4.79 Å². The number of benzene rings is 2. The lowest BCUT2D eigenvalue weighted by atomic mass is 9.80. The fourth-order valence-electron chi connectivity index (χ4n) is 5.22. The first-order chi connectivity index (χ1) is 17.9. The summed E-state index contributed by atoms with van der Waals surface area (Å²) in [6, 6.07) is 11.8. The average Bonchev–Trinajstić information content (AvgIpc) is 3.58. The predicted molar refractivity (Wildman–Crippen MR) is 134 cm³/mol.